The van der Waals surface area contributed by atoms with E-state index in [0.717, 1.165) is 13.1 Å². The minimum absolute atomic E-state index is 0.243. The van der Waals surface area contributed by atoms with Crippen LogP contribution in [-0.2, 0) is 0 Å². The van der Waals surface area contributed by atoms with E-state index in [4.69, 9.17) is 23.2 Å². The Morgan fingerprint density at radius 3 is 2.43 bits per heavy atom. The normalized spacial score (nSPS) is 13.8. The van der Waals surface area contributed by atoms with E-state index < -0.39 is 0 Å². The first-order valence-corrected chi connectivity index (χ1v) is 5.49. The van der Waals surface area contributed by atoms with Gasteiger partial charge in [0.05, 0.1) is 0 Å². The number of hydrogen-bond donors (Lipinski definition) is 1. The molecule has 0 unspecified atom stereocenters. The molecule has 1 N–H and O–H groups in total. The molecule has 4 heteroatoms. The smallest absolute Gasteiger partial charge is 0.0431 e. The Kier molecular flexibility index (Phi) is 6.79. The molecule has 0 saturated carbocycles. The van der Waals surface area contributed by atoms with Gasteiger partial charge in [0.15, 0.2) is 0 Å². The van der Waals surface area contributed by atoms with Gasteiger partial charge in [0.25, 0.3) is 0 Å². The van der Waals surface area contributed by atoms with Crippen molar-refractivity contribution in [3.05, 3.63) is 10.6 Å². The Hall–Kier alpha value is 0.240. The second-order valence-electron chi connectivity index (χ2n) is 4.56. The summed E-state index contributed by atoms with van der Waals surface area (Å²) < 4.78 is 0. The van der Waals surface area contributed by atoms with Gasteiger partial charge in [-0.25, -0.2) is 0 Å². The van der Waals surface area contributed by atoms with Crippen LogP contribution in [0.1, 0.15) is 13.8 Å². The molecule has 0 radical (unpaired) electrons. The molecule has 0 spiro atoms. The monoisotopic (exact) mass is 238 g/mol. The fourth-order valence-corrected chi connectivity index (χ4v) is 1.64. The summed E-state index contributed by atoms with van der Waals surface area (Å²) in [6.07, 6.45) is 0. The van der Waals surface area contributed by atoms with Gasteiger partial charge in [0, 0.05) is 30.2 Å². The van der Waals surface area contributed by atoms with Gasteiger partial charge in [-0.2, -0.15) is 0 Å². The fraction of sp³-hybridized carbons (Fsp3) is 0.800. The van der Waals surface area contributed by atoms with Crippen molar-refractivity contribution in [1.29, 1.82) is 0 Å². The highest BCUT2D eigenvalue weighted by Crippen LogP contribution is 2.14. The van der Waals surface area contributed by atoms with Crippen LogP contribution in [0.2, 0.25) is 0 Å². The van der Waals surface area contributed by atoms with Gasteiger partial charge in [-0.15, -0.1) is 0 Å². The number of hydrogen-bond acceptors (Lipinski definition) is 2. The zero-order valence-corrected chi connectivity index (χ0v) is 10.9. The summed E-state index contributed by atoms with van der Waals surface area (Å²) in [5.41, 5.74) is 1.64. The second kappa shape index (κ2) is 6.67. The molecule has 14 heavy (non-hydrogen) atoms. The van der Waals surface area contributed by atoms with Crippen LogP contribution in [0.4, 0.5) is 0 Å². The average molecular weight is 239 g/mol. The van der Waals surface area contributed by atoms with E-state index in [1.54, 1.807) is 0 Å². The van der Waals surface area contributed by atoms with Gasteiger partial charge in [-0.05, 0) is 19.5 Å². The van der Waals surface area contributed by atoms with Gasteiger partial charge in [0.1, 0.15) is 0 Å². The van der Waals surface area contributed by atoms with Crippen LogP contribution in [0.5, 0.6) is 0 Å². The van der Waals surface area contributed by atoms with E-state index in [0.29, 0.717) is 11.6 Å². The molecule has 0 aromatic rings. The Bertz CT molecular complexity index is 189. The Labute approximate surface area is 97.3 Å². The van der Waals surface area contributed by atoms with Crippen LogP contribution in [0, 0.1) is 5.41 Å². The molecule has 2 nitrogen and oxygen atoms in total. The highest BCUT2D eigenvalue weighted by Gasteiger charge is 2.17. The lowest BCUT2D eigenvalue weighted by Crippen LogP contribution is -2.37. The Morgan fingerprint density at radius 1 is 1.43 bits per heavy atom. The molecule has 0 aliphatic heterocycles. The molecule has 0 aromatic heterocycles. The summed E-state index contributed by atoms with van der Waals surface area (Å²) in [6, 6.07) is 0. The predicted octanol–water partition coefficient (Wildman–Crippen LogP) is 2.48. The van der Waals surface area contributed by atoms with Crippen molar-refractivity contribution in [1.82, 2.24) is 10.2 Å². The molecular formula is C10H20Cl2N2. The summed E-state index contributed by atoms with van der Waals surface area (Å²) >= 11 is 11.2. The van der Waals surface area contributed by atoms with Gasteiger partial charge >= 0.3 is 0 Å². The number of rotatable bonds is 6. The molecule has 84 valence electrons. The largest absolute Gasteiger partial charge is 0.311 e. The maximum atomic E-state index is 5.76. The maximum Gasteiger partial charge on any atom is 0.0431 e. The van der Waals surface area contributed by atoms with Crippen LogP contribution < -0.4 is 5.32 Å². The van der Waals surface area contributed by atoms with Gasteiger partial charge in [0.2, 0.25) is 0 Å². The number of halogens is 2. The lowest BCUT2D eigenvalue weighted by molar-refractivity contribution is 0.235. The average Bonchev–Trinajstić information content (AvgIpc) is 2.01. The third-order valence-electron chi connectivity index (χ3n) is 1.76. The Balaban J connectivity index is 3.76. The van der Waals surface area contributed by atoms with Crippen molar-refractivity contribution in [2.24, 2.45) is 5.41 Å². The Morgan fingerprint density at radius 2 is 2.00 bits per heavy atom. The number of nitrogens with one attached hydrogen (secondary N) is 1. The van der Waals surface area contributed by atoms with E-state index in [-0.39, 0.29) is 5.41 Å². The van der Waals surface area contributed by atoms with Crippen molar-refractivity contribution in [3.8, 4) is 0 Å². The zero-order chi connectivity index (χ0) is 11.2. The highest BCUT2D eigenvalue weighted by atomic mass is 35.5. The van der Waals surface area contributed by atoms with Crippen molar-refractivity contribution in [2.75, 3.05) is 33.7 Å². The predicted molar refractivity (Wildman–Crippen MR) is 65.0 cm³/mol. The summed E-state index contributed by atoms with van der Waals surface area (Å²) in [7, 11) is 4.15. The molecule has 0 bridgehead atoms. The van der Waals surface area contributed by atoms with Crippen LogP contribution in [0.15, 0.2) is 10.6 Å². The molecule has 0 aliphatic rings. The third-order valence-corrected chi connectivity index (χ3v) is 2.38. The van der Waals surface area contributed by atoms with Crippen molar-refractivity contribution >= 4 is 23.2 Å². The lowest BCUT2D eigenvalue weighted by Gasteiger charge is -2.28. The van der Waals surface area contributed by atoms with E-state index in [2.05, 4.69) is 38.2 Å². The standard InChI is InChI=1S/C10H20Cl2N2/c1-10(2,8-14(3)4)7-13-6-9(12)5-11/h5,13H,6-8H2,1-4H3. The molecule has 0 rings (SSSR count). The highest BCUT2D eigenvalue weighted by molar-refractivity contribution is 6.36. The first-order valence-electron chi connectivity index (χ1n) is 4.67. The molecule has 0 amide bonds. The van der Waals surface area contributed by atoms with E-state index >= 15 is 0 Å². The van der Waals surface area contributed by atoms with Gasteiger partial charge in [-0.3, -0.25) is 0 Å². The molecule has 0 fully saturated rings. The van der Waals surface area contributed by atoms with Gasteiger partial charge in [-0.1, -0.05) is 37.0 Å². The molecule has 0 aliphatic carbocycles. The van der Waals surface area contributed by atoms with Crippen molar-refractivity contribution in [3.63, 3.8) is 0 Å². The van der Waals surface area contributed by atoms with Crippen molar-refractivity contribution in [2.45, 2.75) is 13.8 Å². The summed E-state index contributed by atoms with van der Waals surface area (Å²) in [6.45, 7) is 7.05. The molecular weight excluding hydrogens is 219 g/mol. The molecule has 0 saturated heterocycles. The molecule has 0 aromatic carbocycles. The van der Waals surface area contributed by atoms with E-state index in [1.807, 2.05) is 0 Å². The third kappa shape index (κ3) is 7.63. The second-order valence-corrected chi connectivity index (χ2v) is 5.27. The minimum Gasteiger partial charge on any atom is -0.311 e. The number of nitrogens with zero attached hydrogens (tertiary/aromatic N) is 1. The van der Waals surface area contributed by atoms with Gasteiger partial charge < -0.3 is 10.2 Å². The van der Waals surface area contributed by atoms with Crippen LogP contribution >= 0.6 is 23.2 Å². The zero-order valence-electron chi connectivity index (χ0n) is 9.40. The fourth-order valence-electron chi connectivity index (χ4n) is 1.47. The van der Waals surface area contributed by atoms with Crippen molar-refractivity contribution < 1.29 is 0 Å². The van der Waals surface area contributed by atoms with E-state index in [1.165, 1.54) is 5.54 Å². The molecule has 0 atom stereocenters. The lowest BCUT2D eigenvalue weighted by atomic mass is 9.93. The minimum atomic E-state index is 0.243. The van der Waals surface area contributed by atoms with Crippen LogP contribution in [0.25, 0.3) is 0 Å². The quantitative estimate of drug-likeness (QED) is 0.766. The van der Waals surface area contributed by atoms with Crippen LogP contribution in [0.3, 0.4) is 0 Å². The summed E-state index contributed by atoms with van der Waals surface area (Å²) in [5, 5.41) is 3.92. The first kappa shape index (κ1) is 14.2. The van der Waals surface area contributed by atoms with Crippen LogP contribution in [-0.4, -0.2) is 38.6 Å². The topological polar surface area (TPSA) is 15.3 Å². The molecule has 0 heterocycles. The summed E-state index contributed by atoms with van der Waals surface area (Å²) in [4.78, 5) is 2.18. The maximum absolute atomic E-state index is 5.76. The summed E-state index contributed by atoms with van der Waals surface area (Å²) in [5.74, 6) is 0. The van der Waals surface area contributed by atoms with E-state index in [9.17, 15) is 0 Å². The first-order chi connectivity index (χ1) is 6.37. The SMILES string of the molecule is CN(C)CC(C)(C)CNCC(Cl)=CCl.